The van der Waals surface area contributed by atoms with Gasteiger partial charge in [0.15, 0.2) is 6.39 Å². The van der Waals surface area contributed by atoms with E-state index in [0.29, 0.717) is 31.4 Å². The molecule has 1 unspecified atom stereocenters. The van der Waals surface area contributed by atoms with E-state index in [1.165, 1.54) is 12.7 Å². The Kier molecular flexibility index (Phi) is 6.27. The number of hydrogen-bond acceptors (Lipinski definition) is 5. The molecule has 7 nitrogen and oxygen atoms in total. The third kappa shape index (κ3) is 4.52. The molecule has 2 fully saturated rings. The van der Waals surface area contributed by atoms with E-state index >= 15 is 0 Å². The molecule has 2 heterocycles. The minimum absolute atomic E-state index is 0.0227. The molecule has 3 aromatic rings. The molecule has 1 spiro atoms. The Morgan fingerprint density at radius 3 is 2.40 bits per heavy atom. The van der Waals surface area contributed by atoms with Crippen LogP contribution in [0.25, 0.3) is 11.3 Å². The number of carbonyl (C=O) groups is 1. The van der Waals surface area contributed by atoms with Gasteiger partial charge >= 0.3 is 0 Å². The van der Waals surface area contributed by atoms with Gasteiger partial charge in [-0.1, -0.05) is 42.5 Å². The molecule has 2 aliphatic rings. The number of benzene rings is 2. The van der Waals surface area contributed by atoms with E-state index < -0.39 is 10.0 Å². The van der Waals surface area contributed by atoms with Gasteiger partial charge in [-0.05, 0) is 63.6 Å². The number of amides is 1. The van der Waals surface area contributed by atoms with Crippen LogP contribution in [0.4, 0.5) is 0 Å². The number of oxazole rings is 1. The predicted molar refractivity (Wildman–Crippen MR) is 133 cm³/mol. The third-order valence-corrected chi connectivity index (χ3v) is 9.24. The summed E-state index contributed by atoms with van der Waals surface area (Å²) >= 11 is 0. The Hall–Kier alpha value is -2.97. The zero-order valence-electron chi connectivity index (χ0n) is 20.1. The van der Waals surface area contributed by atoms with Crippen molar-refractivity contribution in [3.05, 3.63) is 72.8 Å². The summed E-state index contributed by atoms with van der Waals surface area (Å²) in [6, 6.07) is 16.8. The molecule has 0 radical (unpaired) electrons. The maximum absolute atomic E-state index is 13.6. The largest absolute Gasteiger partial charge is 0.451 e. The molecule has 1 N–H and O–H groups in total. The molecule has 8 heteroatoms. The Bertz CT molecular complexity index is 1270. The van der Waals surface area contributed by atoms with E-state index in [0.717, 1.165) is 17.5 Å². The predicted octanol–water partition coefficient (Wildman–Crippen LogP) is 4.93. The quantitative estimate of drug-likeness (QED) is 0.526. The van der Waals surface area contributed by atoms with Crippen LogP contribution >= 0.6 is 0 Å². The van der Waals surface area contributed by atoms with Crippen molar-refractivity contribution < 1.29 is 17.6 Å². The van der Waals surface area contributed by atoms with Crippen LogP contribution in [0.2, 0.25) is 0 Å². The third-order valence-electron chi connectivity index (χ3n) is 7.71. The van der Waals surface area contributed by atoms with Crippen LogP contribution in [0.5, 0.6) is 0 Å². The lowest BCUT2D eigenvalue weighted by atomic mass is 9.71. The van der Waals surface area contributed by atoms with E-state index in [1.807, 2.05) is 23.1 Å². The number of carbonyl (C=O) groups excluding carboxylic acids is 1. The second kappa shape index (κ2) is 9.24. The van der Waals surface area contributed by atoms with Crippen molar-refractivity contribution >= 4 is 15.9 Å². The maximum atomic E-state index is 13.6. The fourth-order valence-corrected chi connectivity index (χ4v) is 7.13. The fourth-order valence-electron chi connectivity index (χ4n) is 5.83. The van der Waals surface area contributed by atoms with Crippen LogP contribution < -0.4 is 4.72 Å². The first-order valence-electron chi connectivity index (χ1n) is 12.2. The summed E-state index contributed by atoms with van der Waals surface area (Å²) in [6.45, 7) is 4.22. The average Bonchev–Trinajstić information content (AvgIpc) is 3.48. The normalized spacial score (nSPS) is 25.8. The van der Waals surface area contributed by atoms with Gasteiger partial charge in [0.1, 0.15) is 12.0 Å². The van der Waals surface area contributed by atoms with Crippen molar-refractivity contribution in [1.82, 2.24) is 14.6 Å². The summed E-state index contributed by atoms with van der Waals surface area (Å²) < 4.78 is 33.9. The summed E-state index contributed by atoms with van der Waals surface area (Å²) in [4.78, 5) is 20.0. The monoisotopic (exact) mass is 493 g/mol. The first-order chi connectivity index (χ1) is 16.8. The molecule has 2 aromatic carbocycles. The first kappa shape index (κ1) is 23.8. The average molecular weight is 494 g/mol. The molecule has 5 rings (SSSR count). The van der Waals surface area contributed by atoms with Crippen molar-refractivity contribution in [3.63, 3.8) is 0 Å². The molecule has 2 atom stereocenters. The zero-order chi connectivity index (χ0) is 24.6. The highest BCUT2D eigenvalue weighted by atomic mass is 32.2. The van der Waals surface area contributed by atoms with Crippen LogP contribution in [-0.2, 0) is 14.8 Å². The van der Waals surface area contributed by atoms with Crippen molar-refractivity contribution in [3.8, 4) is 11.3 Å². The van der Waals surface area contributed by atoms with E-state index in [9.17, 15) is 13.2 Å². The topological polar surface area (TPSA) is 92.5 Å². The summed E-state index contributed by atoms with van der Waals surface area (Å²) in [5.74, 6) is 0.214. The highest BCUT2D eigenvalue weighted by Gasteiger charge is 2.52. The van der Waals surface area contributed by atoms with E-state index in [-0.39, 0.29) is 34.3 Å². The minimum atomic E-state index is -3.65. The van der Waals surface area contributed by atoms with E-state index in [2.05, 4.69) is 35.7 Å². The van der Waals surface area contributed by atoms with Gasteiger partial charge in [-0.2, -0.15) is 0 Å². The maximum Gasteiger partial charge on any atom is 0.240 e. The SMILES string of the molecule is CC1C[C@]2(CC[C@@H](NS(=O)(=O)c3ccc(-c4cocn4)cc3)CC2)C(=O)N1[C@H](C)c1ccccc1. The highest BCUT2D eigenvalue weighted by Crippen LogP contribution is 2.49. The zero-order valence-corrected chi connectivity index (χ0v) is 20.9. The summed E-state index contributed by atoms with van der Waals surface area (Å²) in [5.41, 5.74) is 2.20. The van der Waals surface area contributed by atoms with Crippen LogP contribution in [0, 0.1) is 5.41 Å². The smallest absolute Gasteiger partial charge is 0.240 e. The van der Waals surface area contributed by atoms with Crippen molar-refractivity contribution in [2.24, 2.45) is 5.41 Å². The molecule has 1 aliphatic carbocycles. The second-order valence-corrected chi connectivity index (χ2v) is 11.6. The molecule has 184 valence electrons. The number of likely N-dealkylation sites (tertiary alicyclic amines) is 1. The van der Waals surface area contributed by atoms with E-state index in [1.54, 1.807) is 24.3 Å². The van der Waals surface area contributed by atoms with Gasteiger partial charge < -0.3 is 9.32 Å². The summed E-state index contributed by atoms with van der Waals surface area (Å²) in [7, 11) is -3.65. The van der Waals surface area contributed by atoms with Crippen LogP contribution in [0.15, 0.2) is 76.6 Å². The minimum Gasteiger partial charge on any atom is -0.451 e. The lowest BCUT2D eigenvalue weighted by molar-refractivity contribution is -0.140. The highest BCUT2D eigenvalue weighted by molar-refractivity contribution is 7.89. The number of aromatic nitrogens is 1. The lowest BCUT2D eigenvalue weighted by Crippen LogP contribution is -2.44. The summed E-state index contributed by atoms with van der Waals surface area (Å²) in [5, 5.41) is 0. The Labute approximate surface area is 206 Å². The van der Waals surface area contributed by atoms with Gasteiger partial charge in [-0.3, -0.25) is 4.79 Å². The first-order valence-corrected chi connectivity index (χ1v) is 13.7. The Morgan fingerprint density at radius 1 is 1.09 bits per heavy atom. The fraction of sp³-hybridized carbons (Fsp3) is 0.407. The number of rotatable bonds is 6. The standard InChI is InChI=1S/C27H31N3O4S/c1-19-16-27(26(31)30(19)20(2)21-6-4-3-5-7-21)14-12-23(13-15-27)29-35(32,33)24-10-8-22(9-11-24)25-17-34-18-28-25/h3-11,17-20,23,29H,12-16H2,1-2H3/t19?,20-,23-,27-/m1/s1. The van der Waals surface area contributed by atoms with Crippen LogP contribution in [0.1, 0.15) is 57.6 Å². The van der Waals surface area contributed by atoms with Gasteiger partial charge in [-0.25, -0.2) is 18.1 Å². The van der Waals surface area contributed by atoms with Crippen LogP contribution in [-0.4, -0.2) is 36.3 Å². The van der Waals surface area contributed by atoms with E-state index in [4.69, 9.17) is 4.42 Å². The molecule has 1 saturated carbocycles. The van der Waals surface area contributed by atoms with Gasteiger partial charge in [0.2, 0.25) is 15.9 Å². The molecule has 1 aromatic heterocycles. The number of nitrogens with zero attached hydrogens (tertiary/aromatic N) is 2. The number of sulfonamides is 1. The van der Waals surface area contributed by atoms with Crippen molar-refractivity contribution in [2.45, 2.75) is 69.0 Å². The molecule has 35 heavy (non-hydrogen) atoms. The summed E-state index contributed by atoms with van der Waals surface area (Å²) in [6.07, 6.45) is 6.40. The second-order valence-electron chi connectivity index (χ2n) is 9.93. The van der Waals surface area contributed by atoms with Crippen LogP contribution in [0.3, 0.4) is 0 Å². The molecular formula is C27H31N3O4S. The molecule has 0 bridgehead atoms. The molecule has 1 saturated heterocycles. The van der Waals surface area contributed by atoms with Gasteiger partial charge in [0.25, 0.3) is 0 Å². The molecule has 1 aliphatic heterocycles. The Morgan fingerprint density at radius 2 is 1.77 bits per heavy atom. The molecular weight excluding hydrogens is 462 g/mol. The number of hydrogen-bond donors (Lipinski definition) is 1. The number of nitrogens with one attached hydrogen (secondary N) is 1. The van der Waals surface area contributed by atoms with Gasteiger partial charge in [0.05, 0.1) is 16.4 Å². The van der Waals surface area contributed by atoms with Gasteiger partial charge in [-0.15, -0.1) is 0 Å². The Balaban J connectivity index is 1.23. The molecule has 1 amide bonds. The van der Waals surface area contributed by atoms with Crippen molar-refractivity contribution in [2.75, 3.05) is 0 Å². The van der Waals surface area contributed by atoms with Crippen molar-refractivity contribution in [1.29, 1.82) is 0 Å². The lowest BCUT2D eigenvalue weighted by Gasteiger charge is -2.36. The van der Waals surface area contributed by atoms with Gasteiger partial charge in [0, 0.05) is 17.6 Å².